The Balaban J connectivity index is 2.09. The third-order valence-corrected chi connectivity index (χ3v) is 4.83. The van der Waals surface area contributed by atoms with Crippen LogP contribution in [0.4, 0.5) is 0 Å². The van der Waals surface area contributed by atoms with Crippen LogP contribution in [-0.4, -0.2) is 34.0 Å². The van der Waals surface area contributed by atoms with Crippen LogP contribution in [0.5, 0.6) is 0 Å². The Morgan fingerprint density at radius 1 is 1.35 bits per heavy atom. The molecule has 2 aliphatic rings. The van der Waals surface area contributed by atoms with Gasteiger partial charge in [0.1, 0.15) is 0 Å². The van der Waals surface area contributed by atoms with Gasteiger partial charge in [-0.05, 0) is 26.0 Å². The van der Waals surface area contributed by atoms with E-state index in [-0.39, 0.29) is 6.04 Å². The lowest BCUT2D eigenvalue weighted by Crippen LogP contribution is -2.35. The van der Waals surface area contributed by atoms with Crippen LogP contribution >= 0.6 is 0 Å². The SMILES string of the molecule is CN1C2CCC1c1c(nc3ccccc3c1C(=O)O)C2. The predicted octanol–water partition coefficient (Wildman–Crippen LogP) is 2.62. The van der Waals surface area contributed by atoms with Crippen molar-refractivity contribution < 1.29 is 9.90 Å². The van der Waals surface area contributed by atoms with Gasteiger partial charge in [0.2, 0.25) is 0 Å². The van der Waals surface area contributed by atoms with E-state index in [1.54, 1.807) is 0 Å². The molecule has 1 saturated heterocycles. The van der Waals surface area contributed by atoms with Crippen LogP contribution in [0.2, 0.25) is 0 Å². The van der Waals surface area contributed by atoms with E-state index in [2.05, 4.69) is 11.9 Å². The lowest BCUT2D eigenvalue weighted by atomic mass is 9.91. The number of aromatic carboxylic acids is 1. The zero-order chi connectivity index (χ0) is 13.9. The maximum Gasteiger partial charge on any atom is 0.336 e. The van der Waals surface area contributed by atoms with Gasteiger partial charge in [-0.2, -0.15) is 0 Å². The quantitative estimate of drug-likeness (QED) is 0.863. The predicted molar refractivity (Wildman–Crippen MR) is 75.9 cm³/mol. The second kappa shape index (κ2) is 4.03. The molecule has 4 nitrogen and oxygen atoms in total. The number of hydrogen-bond donors (Lipinski definition) is 1. The van der Waals surface area contributed by atoms with Crippen LogP contribution in [0.1, 0.15) is 40.5 Å². The van der Waals surface area contributed by atoms with E-state index in [4.69, 9.17) is 4.98 Å². The topological polar surface area (TPSA) is 53.4 Å². The van der Waals surface area contributed by atoms with Crippen LogP contribution in [0.25, 0.3) is 10.9 Å². The monoisotopic (exact) mass is 268 g/mol. The summed E-state index contributed by atoms with van der Waals surface area (Å²) in [7, 11) is 2.10. The Kier molecular flexibility index (Phi) is 2.39. The zero-order valence-electron chi connectivity index (χ0n) is 11.3. The molecule has 0 spiro atoms. The Labute approximate surface area is 117 Å². The summed E-state index contributed by atoms with van der Waals surface area (Å²) in [6.45, 7) is 0. The number of carbonyl (C=O) groups is 1. The van der Waals surface area contributed by atoms with Crippen LogP contribution in [-0.2, 0) is 6.42 Å². The van der Waals surface area contributed by atoms with Crippen molar-refractivity contribution in [2.75, 3.05) is 7.05 Å². The molecular weight excluding hydrogens is 252 g/mol. The van der Waals surface area contributed by atoms with Gasteiger partial charge in [0, 0.05) is 35.1 Å². The minimum absolute atomic E-state index is 0.215. The van der Waals surface area contributed by atoms with E-state index in [0.29, 0.717) is 11.6 Å². The molecule has 1 N–H and O–H groups in total. The van der Waals surface area contributed by atoms with Crippen molar-refractivity contribution in [3.05, 3.63) is 41.1 Å². The summed E-state index contributed by atoms with van der Waals surface area (Å²) in [6.07, 6.45) is 3.04. The van der Waals surface area contributed by atoms with Crippen molar-refractivity contribution in [2.24, 2.45) is 0 Å². The molecule has 1 aromatic carbocycles. The highest BCUT2D eigenvalue weighted by Crippen LogP contribution is 2.44. The summed E-state index contributed by atoms with van der Waals surface area (Å²) < 4.78 is 0. The number of carboxylic acid groups (broad SMARTS) is 1. The maximum absolute atomic E-state index is 11.8. The molecule has 0 aliphatic carbocycles. The normalized spacial score (nSPS) is 24.9. The average molecular weight is 268 g/mol. The first-order chi connectivity index (χ1) is 9.66. The first-order valence-electron chi connectivity index (χ1n) is 7.03. The molecule has 0 saturated carbocycles. The van der Waals surface area contributed by atoms with Crippen LogP contribution in [0, 0.1) is 0 Å². The molecule has 0 amide bonds. The third-order valence-electron chi connectivity index (χ3n) is 4.83. The lowest BCUT2D eigenvalue weighted by Gasteiger charge is -2.33. The summed E-state index contributed by atoms with van der Waals surface area (Å²) in [5.41, 5.74) is 3.20. The number of para-hydroxylation sites is 1. The minimum Gasteiger partial charge on any atom is -0.478 e. The fourth-order valence-electron chi connectivity index (χ4n) is 3.85. The van der Waals surface area contributed by atoms with Gasteiger partial charge in [0.05, 0.1) is 11.1 Å². The molecule has 2 atom stereocenters. The van der Waals surface area contributed by atoms with Gasteiger partial charge >= 0.3 is 5.97 Å². The van der Waals surface area contributed by atoms with Gasteiger partial charge in [-0.1, -0.05) is 18.2 Å². The number of pyridine rings is 1. The Morgan fingerprint density at radius 3 is 2.95 bits per heavy atom. The highest BCUT2D eigenvalue weighted by atomic mass is 16.4. The molecular formula is C16H16N2O2. The molecule has 2 aliphatic heterocycles. The van der Waals surface area contributed by atoms with Gasteiger partial charge < -0.3 is 5.11 Å². The van der Waals surface area contributed by atoms with Gasteiger partial charge in [0.25, 0.3) is 0 Å². The highest BCUT2D eigenvalue weighted by Gasteiger charge is 2.41. The second-order valence-electron chi connectivity index (χ2n) is 5.79. The maximum atomic E-state index is 11.8. The van der Waals surface area contributed by atoms with Crippen LogP contribution in [0.3, 0.4) is 0 Å². The third kappa shape index (κ3) is 1.45. The molecule has 20 heavy (non-hydrogen) atoms. The smallest absolute Gasteiger partial charge is 0.336 e. The first kappa shape index (κ1) is 11.9. The lowest BCUT2D eigenvalue weighted by molar-refractivity contribution is 0.0694. The van der Waals surface area contributed by atoms with Gasteiger partial charge in [-0.25, -0.2) is 4.79 Å². The zero-order valence-corrected chi connectivity index (χ0v) is 11.3. The molecule has 102 valence electrons. The van der Waals surface area contributed by atoms with Crippen molar-refractivity contribution in [3.8, 4) is 0 Å². The molecule has 2 unspecified atom stereocenters. The van der Waals surface area contributed by atoms with E-state index in [9.17, 15) is 9.90 Å². The summed E-state index contributed by atoms with van der Waals surface area (Å²) in [4.78, 5) is 18.9. The number of fused-ring (bicyclic) bond motifs is 5. The number of aromatic nitrogens is 1. The highest BCUT2D eigenvalue weighted by molar-refractivity contribution is 6.04. The Hall–Kier alpha value is -1.94. The van der Waals surface area contributed by atoms with E-state index in [0.717, 1.165) is 41.4 Å². The number of carboxylic acids is 1. The van der Waals surface area contributed by atoms with Crippen LogP contribution in [0.15, 0.2) is 24.3 Å². The van der Waals surface area contributed by atoms with Crippen molar-refractivity contribution in [1.82, 2.24) is 9.88 Å². The summed E-state index contributed by atoms with van der Waals surface area (Å²) in [5.74, 6) is -0.835. The molecule has 2 aromatic rings. The minimum atomic E-state index is -0.835. The largest absolute Gasteiger partial charge is 0.478 e. The fraction of sp³-hybridized carbons (Fsp3) is 0.375. The second-order valence-corrected chi connectivity index (χ2v) is 5.79. The van der Waals surface area contributed by atoms with Gasteiger partial charge in [0.15, 0.2) is 0 Å². The van der Waals surface area contributed by atoms with E-state index < -0.39 is 5.97 Å². The van der Waals surface area contributed by atoms with Gasteiger partial charge in [-0.3, -0.25) is 9.88 Å². The van der Waals surface area contributed by atoms with Crippen molar-refractivity contribution in [3.63, 3.8) is 0 Å². The molecule has 1 aromatic heterocycles. The van der Waals surface area contributed by atoms with E-state index in [1.165, 1.54) is 0 Å². The molecule has 1 fully saturated rings. The fourth-order valence-corrected chi connectivity index (χ4v) is 3.85. The molecule has 4 heteroatoms. The number of rotatable bonds is 1. The summed E-state index contributed by atoms with van der Waals surface area (Å²) in [5, 5.41) is 10.5. The first-order valence-corrected chi connectivity index (χ1v) is 7.03. The standard InChI is InChI=1S/C16H16N2O2/c1-18-9-6-7-13(18)15-12(8-9)17-11-5-3-2-4-10(11)14(15)16(19)20/h2-5,9,13H,6-8H2,1H3,(H,19,20). The molecule has 3 heterocycles. The van der Waals surface area contributed by atoms with Gasteiger partial charge in [-0.15, -0.1) is 0 Å². The Morgan fingerprint density at radius 2 is 2.15 bits per heavy atom. The summed E-state index contributed by atoms with van der Waals surface area (Å²) >= 11 is 0. The van der Waals surface area contributed by atoms with Crippen LogP contribution < -0.4 is 0 Å². The van der Waals surface area contributed by atoms with Crippen molar-refractivity contribution in [2.45, 2.75) is 31.3 Å². The number of hydrogen-bond acceptors (Lipinski definition) is 3. The van der Waals surface area contributed by atoms with Crippen molar-refractivity contribution in [1.29, 1.82) is 0 Å². The molecule has 0 radical (unpaired) electrons. The Bertz CT molecular complexity index is 726. The number of nitrogens with zero attached hydrogens (tertiary/aromatic N) is 2. The average Bonchev–Trinajstić information content (AvgIpc) is 2.68. The number of benzene rings is 1. The summed E-state index contributed by atoms with van der Waals surface area (Å²) in [6, 6.07) is 8.30. The van der Waals surface area contributed by atoms with E-state index >= 15 is 0 Å². The molecule has 4 rings (SSSR count). The number of likely N-dealkylation sites (N-methyl/N-ethyl adjacent to an activating group) is 1. The van der Waals surface area contributed by atoms with Crippen molar-refractivity contribution >= 4 is 16.9 Å². The van der Waals surface area contributed by atoms with E-state index in [1.807, 2.05) is 24.3 Å². The molecule has 2 bridgehead atoms.